The first-order chi connectivity index (χ1) is 13.9. The molecule has 29 heavy (non-hydrogen) atoms. The van der Waals surface area contributed by atoms with Gasteiger partial charge in [0, 0.05) is 39.3 Å². The third-order valence-corrected chi connectivity index (χ3v) is 5.49. The minimum Gasteiger partial charge on any atom is -0.377 e. The zero-order chi connectivity index (χ0) is 21.2. The average Bonchev–Trinajstić information content (AvgIpc) is 2.65. The van der Waals surface area contributed by atoms with E-state index in [1.807, 2.05) is 0 Å². The average molecular weight is 411 g/mol. The van der Waals surface area contributed by atoms with Gasteiger partial charge in [-0.05, 0) is 47.5 Å². The fourth-order valence-corrected chi connectivity index (χ4v) is 4.10. The molecule has 3 unspecified atom stereocenters. The zero-order valence-corrected chi connectivity index (χ0v) is 19.1. The summed E-state index contributed by atoms with van der Waals surface area (Å²) in [6.07, 6.45) is 8.72. The first kappa shape index (κ1) is 24.6. The number of rotatable bonds is 11. The second-order valence-electron chi connectivity index (χ2n) is 8.87. The third-order valence-electron chi connectivity index (χ3n) is 5.49. The molecule has 2 heterocycles. The fraction of sp³-hybridized carbons (Fsp3) is 0.913. The normalized spacial score (nSPS) is 30.4. The SMILES string of the molecule is C#C[C@@H]1CN(CCOC(C)CCC2CN(CCOC(C)C)CC(C)O2)C[C@H](C)O1. The largest absolute Gasteiger partial charge is 0.377 e. The van der Waals surface area contributed by atoms with Crippen LogP contribution in [0.15, 0.2) is 0 Å². The van der Waals surface area contributed by atoms with E-state index in [0.29, 0.717) is 6.10 Å². The monoisotopic (exact) mass is 410 g/mol. The highest BCUT2D eigenvalue weighted by atomic mass is 16.5. The van der Waals surface area contributed by atoms with E-state index in [2.05, 4.69) is 50.3 Å². The van der Waals surface area contributed by atoms with Crippen molar-refractivity contribution in [3.63, 3.8) is 0 Å². The van der Waals surface area contributed by atoms with Crippen LogP contribution in [0, 0.1) is 12.3 Å². The molecule has 0 aromatic carbocycles. The van der Waals surface area contributed by atoms with Crippen molar-refractivity contribution in [3.8, 4) is 12.3 Å². The van der Waals surface area contributed by atoms with Gasteiger partial charge in [-0.1, -0.05) is 5.92 Å². The Morgan fingerprint density at radius 1 is 0.931 bits per heavy atom. The Kier molecular flexibility index (Phi) is 10.9. The van der Waals surface area contributed by atoms with Gasteiger partial charge in [0.05, 0.1) is 43.7 Å². The summed E-state index contributed by atoms with van der Waals surface area (Å²) in [5.74, 6) is 2.71. The van der Waals surface area contributed by atoms with Crippen LogP contribution in [-0.4, -0.2) is 98.9 Å². The second-order valence-corrected chi connectivity index (χ2v) is 8.87. The van der Waals surface area contributed by atoms with E-state index in [0.717, 1.165) is 65.3 Å². The lowest BCUT2D eigenvalue weighted by atomic mass is 10.1. The summed E-state index contributed by atoms with van der Waals surface area (Å²) in [4.78, 5) is 4.81. The highest BCUT2D eigenvalue weighted by Crippen LogP contribution is 2.17. The van der Waals surface area contributed by atoms with E-state index in [9.17, 15) is 0 Å². The Labute approximate surface area is 178 Å². The molecule has 0 bridgehead atoms. The molecule has 5 atom stereocenters. The van der Waals surface area contributed by atoms with Crippen molar-refractivity contribution in [2.45, 2.75) is 84.1 Å². The van der Waals surface area contributed by atoms with Crippen LogP contribution in [0.2, 0.25) is 0 Å². The van der Waals surface area contributed by atoms with Crippen molar-refractivity contribution in [2.75, 3.05) is 52.5 Å². The minimum absolute atomic E-state index is 0.101. The Hall–Kier alpha value is -0.680. The maximum Gasteiger partial charge on any atom is 0.130 e. The molecule has 0 aliphatic carbocycles. The van der Waals surface area contributed by atoms with Crippen LogP contribution in [0.5, 0.6) is 0 Å². The maximum atomic E-state index is 6.15. The third kappa shape index (κ3) is 9.78. The van der Waals surface area contributed by atoms with Gasteiger partial charge in [0.1, 0.15) is 6.10 Å². The van der Waals surface area contributed by atoms with Crippen LogP contribution in [0.25, 0.3) is 0 Å². The Bertz CT molecular complexity index is 496. The van der Waals surface area contributed by atoms with Crippen molar-refractivity contribution < 1.29 is 18.9 Å². The Morgan fingerprint density at radius 3 is 2.21 bits per heavy atom. The first-order valence-corrected chi connectivity index (χ1v) is 11.3. The van der Waals surface area contributed by atoms with E-state index in [-0.39, 0.29) is 30.5 Å². The van der Waals surface area contributed by atoms with Gasteiger partial charge in [0.2, 0.25) is 0 Å². The molecule has 168 valence electrons. The molecule has 2 aliphatic heterocycles. The lowest BCUT2D eigenvalue weighted by Gasteiger charge is -2.37. The number of nitrogens with zero attached hydrogens (tertiary/aromatic N) is 2. The zero-order valence-electron chi connectivity index (χ0n) is 19.1. The minimum atomic E-state index is -0.101. The molecular weight excluding hydrogens is 368 g/mol. The van der Waals surface area contributed by atoms with Crippen LogP contribution in [-0.2, 0) is 18.9 Å². The lowest BCUT2D eigenvalue weighted by Crippen LogP contribution is -2.48. The maximum absolute atomic E-state index is 6.15. The van der Waals surface area contributed by atoms with E-state index >= 15 is 0 Å². The first-order valence-electron chi connectivity index (χ1n) is 11.3. The molecule has 6 heteroatoms. The molecule has 2 fully saturated rings. The molecule has 0 N–H and O–H groups in total. The molecule has 0 saturated carbocycles. The number of hydrogen-bond donors (Lipinski definition) is 0. The van der Waals surface area contributed by atoms with E-state index < -0.39 is 0 Å². The van der Waals surface area contributed by atoms with Crippen LogP contribution < -0.4 is 0 Å². The lowest BCUT2D eigenvalue weighted by molar-refractivity contribution is -0.0912. The fourth-order valence-electron chi connectivity index (χ4n) is 4.10. The Balaban J connectivity index is 1.61. The molecule has 6 nitrogen and oxygen atoms in total. The smallest absolute Gasteiger partial charge is 0.130 e. The summed E-state index contributed by atoms with van der Waals surface area (Å²) in [5, 5.41) is 0. The van der Waals surface area contributed by atoms with Crippen LogP contribution in [0.1, 0.15) is 47.5 Å². The van der Waals surface area contributed by atoms with Gasteiger partial charge in [-0.15, -0.1) is 6.42 Å². The number of hydrogen-bond acceptors (Lipinski definition) is 6. The second kappa shape index (κ2) is 12.9. The van der Waals surface area contributed by atoms with Gasteiger partial charge >= 0.3 is 0 Å². The topological polar surface area (TPSA) is 43.4 Å². The highest BCUT2D eigenvalue weighted by Gasteiger charge is 2.26. The molecule has 0 amide bonds. The van der Waals surface area contributed by atoms with Gasteiger partial charge in [0.25, 0.3) is 0 Å². The van der Waals surface area contributed by atoms with Gasteiger partial charge in [-0.3, -0.25) is 9.80 Å². The van der Waals surface area contributed by atoms with Crippen molar-refractivity contribution >= 4 is 0 Å². The summed E-state index contributed by atoms with van der Waals surface area (Å²) in [5.41, 5.74) is 0. The predicted octanol–water partition coefficient (Wildman–Crippen LogP) is 2.41. The van der Waals surface area contributed by atoms with Crippen molar-refractivity contribution in [2.24, 2.45) is 0 Å². The summed E-state index contributed by atoms with van der Waals surface area (Å²) in [6, 6.07) is 0. The summed E-state index contributed by atoms with van der Waals surface area (Å²) in [7, 11) is 0. The van der Waals surface area contributed by atoms with E-state index in [1.54, 1.807) is 0 Å². The van der Waals surface area contributed by atoms with Crippen molar-refractivity contribution in [1.29, 1.82) is 0 Å². The summed E-state index contributed by atoms with van der Waals surface area (Å²) in [6.45, 7) is 17.6. The van der Waals surface area contributed by atoms with Crippen LogP contribution in [0.4, 0.5) is 0 Å². The van der Waals surface area contributed by atoms with Crippen molar-refractivity contribution in [1.82, 2.24) is 9.80 Å². The summed E-state index contributed by atoms with van der Waals surface area (Å²) < 4.78 is 23.6. The molecule has 0 aromatic heterocycles. The summed E-state index contributed by atoms with van der Waals surface area (Å²) >= 11 is 0. The number of morpholine rings is 2. The molecule has 2 saturated heterocycles. The van der Waals surface area contributed by atoms with Crippen LogP contribution in [0.3, 0.4) is 0 Å². The standard InChI is InChI=1S/C23H42N2O4/c1-7-22-16-24(14-20(5)28-22)11-13-27-19(4)8-9-23-17-25(15-21(6)29-23)10-12-26-18(2)3/h1,18-23H,8-17H2,2-6H3/t19?,20-,21?,22+,23?/m0/s1. The quantitative estimate of drug-likeness (QED) is 0.488. The molecule has 0 aromatic rings. The van der Waals surface area contributed by atoms with Crippen molar-refractivity contribution in [3.05, 3.63) is 0 Å². The van der Waals surface area contributed by atoms with Crippen LogP contribution >= 0.6 is 0 Å². The van der Waals surface area contributed by atoms with Gasteiger partial charge in [-0.25, -0.2) is 0 Å². The number of ether oxygens (including phenoxy) is 4. The molecule has 0 spiro atoms. The predicted molar refractivity (Wildman–Crippen MR) is 116 cm³/mol. The molecule has 2 aliphatic rings. The molecule has 0 radical (unpaired) electrons. The van der Waals surface area contributed by atoms with E-state index in [1.165, 1.54) is 0 Å². The van der Waals surface area contributed by atoms with Gasteiger partial charge in [-0.2, -0.15) is 0 Å². The van der Waals surface area contributed by atoms with Gasteiger partial charge < -0.3 is 18.9 Å². The Morgan fingerprint density at radius 2 is 1.55 bits per heavy atom. The molecule has 2 rings (SSSR count). The molecular formula is C23H42N2O4. The van der Waals surface area contributed by atoms with Gasteiger partial charge in [0.15, 0.2) is 0 Å². The van der Waals surface area contributed by atoms with E-state index in [4.69, 9.17) is 25.4 Å². The highest BCUT2D eigenvalue weighted by molar-refractivity contribution is 4.98. The number of terminal acetylenes is 1.